The molecule has 0 unspecified atom stereocenters. The molecule has 0 spiro atoms. The van der Waals surface area contributed by atoms with Crippen LogP contribution in [0, 0.1) is 11.6 Å². The van der Waals surface area contributed by atoms with Crippen molar-refractivity contribution in [3.63, 3.8) is 0 Å². The summed E-state index contributed by atoms with van der Waals surface area (Å²) in [4.78, 5) is 39.8. The molecular formula is C22H22F2N2O7S. The number of pyridine rings is 1. The number of benzene rings is 1. The topological polar surface area (TPSA) is 123 Å². The van der Waals surface area contributed by atoms with Crippen molar-refractivity contribution in [2.45, 2.75) is 38.1 Å². The summed E-state index contributed by atoms with van der Waals surface area (Å²) in [7, 11) is -3.27. The maximum absolute atomic E-state index is 13.8. The Morgan fingerprint density at radius 2 is 2.00 bits per heavy atom. The molecule has 1 aromatic heterocycles. The molecule has 0 bridgehead atoms. The number of fused-ring (bicyclic) bond motifs is 2. The number of ether oxygens (including phenoxy) is 1. The Morgan fingerprint density at radius 3 is 2.68 bits per heavy atom. The van der Waals surface area contributed by atoms with Crippen molar-refractivity contribution in [3.05, 3.63) is 63.1 Å². The van der Waals surface area contributed by atoms with E-state index in [4.69, 9.17) is 4.74 Å². The van der Waals surface area contributed by atoms with Crippen LogP contribution in [0.5, 0.6) is 5.75 Å². The maximum atomic E-state index is 13.8. The van der Waals surface area contributed by atoms with Crippen LogP contribution >= 0.6 is 0 Å². The highest BCUT2D eigenvalue weighted by Gasteiger charge is 2.44. The predicted octanol–water partition coefficient (Wildman–Crippen LogP) is 1.26. The van der Waals surface area contributed by atoms with Gasteiger partial charge in [0.2, 0.25) is 5.43 Å². The number of carbonyl (C=O) groups is 2. The van der Waals surface area contributed by atoms with Gasteiger partial charge in [-0.1, -0.05) is 6.07 Å². The Labute approximate surface area is 193 Å². The maximum Gasteiger partial charge on any atom is 0.276 e. The highest BCUT2D eigenvalue weighted by atomic mass is 32.2. The lowest BCUT2D eigenvalue weighted by Crippen LogP contribution is -2.50. The number of nitrogens with zero attached hydrogens (tertiary/aromatic N) is 2. The molecular weight excluding hydrogens is 474 g/mol. The molecule has 1 N–H and O–H groups in total. The van der Waals surface area contributed by atoms with E-state index in [2.05, 4.69) is 0 Å². The number of hydrogen-bond donors (Lipinski definition) is 1. The summed E-state index contributed by atoms with van der Waals surface area (Å²) < 4.78 is 56.8. The molecule has 4 rings (SSSR count). The first-order valence-electron chi connectivity index (χ1n) is 10.5. The number of carbonyl (C=O) groups excluding carboxylic acids is 2. The molecule has 9 nitrogen and oxygen atoms in total. The van der Waals surface area contributed by atoms with E-state index in [0.717, 1.165) is 12.3 Å². The van der Waals surface area contributed by atoms with Gasteiger partial charge in [0.05, 0.1) is 30.5 Å². The zero-order valence-electron chi connectivity index (χ0n) is 18.2. The van der Waals surface area contributed by atoms with Crippen LogP contribution in [0.3, 0.4) is 0 Å². The smallest absolute Gasteiger partial charge is 0.276 e. The summed E-state index contributed by atoms with van der Waals surface area (Å²) in [5, 5.41) is 10.5. The first kappa shape index (κ1) is 24.0. The van der Waals surface area contributed by atoms with E-state index in [-0.39, 0.29) is 55.0 Å². The van der Waals surface area contributed by atoms with Crippen LogP contribution in [0.25, 0.3) is 0 Å². The number of rotatable bonds is 7. The number of halogens is 2. The summed E-state index contributed by atoms with van der Waals surface area (Å²) >= 11 is 0. The number of amides is 1. The van der Waals surface area contributed by atoms with Gasteiger partial charge in [-0.3, -0.25) is 14.4 Å². The van der Waals surface area contributed by atoms with Crippen molar-refractivity contribution in [3.8, 4) is 5.75 Å². The van der Waals surface area contributed by atoms with Gasteiger partial charge in [0.25, 0.3) is 5.91 Å². The van der Waals surface area contributed by atoms with Crippen LogP contribution in [0.4, 0.5) is 8.78 Å². The standard InChI is InChI=1S/C22H22F2N2O7S/c1-34(31,32)7-6-14-11-33-18-10-25-9-15(20(28)21(29)19(25)22(30)26(14)18)17(27)5-3-12-2-4-13(23)8-16(12)24/h2,4,8-9,14,18,29H,3,5-7,10-11H2,1H3/t14-,18+/m0/s1. The molecule has 1 aromatic carbocycles. The van der Waals surface area contributed by atoms with E-state index in [0.29, 0.717) is 6.07 Å². The van der Waals surface area contributed by atoms with Crippen LogP contribution < -0.4 is 5.43 Å². The van der Waals surface area contributed by atoms with Crippen LogP contribution in [0.2, 0.25) is 0 Å². The first-order chi connectivity index (χ1) is 16.0. The van der Waals surface area contributed by atoms with Crippen molar-refractivity contribution in [1.29, 1.82) is 0 Å². The minimum Gasteiger partial charge on any atom is -0.503 e. The number of aromatic nitrogens is 1. The van der Waals surface area contributed by atoms with Gasteiger partial charge in [0.15, 0.2) is 23.5 Å². The van der Waals surface area contributed by atoms with Crippen molar-refractivity contribution < 1.29 is 36.6 Å². The molecule has 2 atom stereocenters. The van der Waals surface area contributed by atoms with Crippen LogP contribution in [0.15, 0.2) is 29.2 Å². The Balaban J connectivity index is 1.57. The second-order valence-corrected chi connectivity index (χ2v) is 10.7. The average Bonchev–Trinajstić information content (AvgIpc) is 3.16. The van der Waals surface area contributed by atoms with Crippen molar-refractivity contribution >= 4 is 21.5 Å². The number of Topliss-reactive ketones (excluding diaryl/α,β-unsaturated/α-hetero) is 1. The Hall–Kier alpha value is -3.12. The summed E-state index contributed by atoms with van der Waals surface area (Å²) in [6.45, 7) is 0.123. The molecule has 182 valence electrons. The van der Waals surface area contributed by atoms with Gasteiger partial charge >= 0.3 is 0 Å². The lowest BCUT2D eigenvalue weighted by Gasteiger charge is -2.34. The fourth-order valence-corrected chi connectivity index (χ4v) is 4.94. The Morgan fingerprint density at radius 1 is 1.26 bits per heavy atom. The summed E-state index contributed by atoms with van der Waals surface area (Å²) in [6.07, 6.45) is 1.29. The van der Waals surface area contributed by atoms with Gasteiger partial charge in [0, 0.05) is 24.9 Å². The van der Waals surface area contributed by atoms with Crippen LogP contribution in [-0.2, 0) is 27.5 Å². The molecule has 0 saturated carbocycles. The molecule has 0 radical (unpaired) electrons. The van der Waals surface area contributed by atoms with Gasteiger partial charge in [-0.15, -0.1) is 0 Å². The van der Waals surface area contributed by atoms with E-state index >= 15 is 0 Å². The molecule has 0 aliphatic carbocycles. The molecule has 34 heavy (non-hydrogen) atoms. The van der Waals surface area contributed by atoms with Crippen molar-refractivity contribution in [2.24, 2.45) is 0 Å². The normalized spacial score (nSPS) is 19.7. The van der Waals surface area contributed by atoms with Gasteiger partial charge in [-0.25, -0.2) is 17.2 Å². The second-order valence-electron chi connectivity index (χ2n) is 8.45. The summed E-state index contributed by atoms with van der Waals surface area (Å²) in [6, 6.07) is 2.43. The lowest BCUT2D eigenvalue weighted by atomic mass is 10.0. The van der Waals surface area contributed by atoms with E-state index in [1.54, 1.807) is 0 Å². The van der Waals surface area contributed by atoms with Gasteiger partial charge in [0.1, 0.15) is 21.5 Å². The number of hydrogen-bond acceptors (Lipinski definition) is 7. The quantitative estimate of drug-likeness (QED) is 0.573. The predicted molar refractivity (Wildman–Crippen MR) is 115 cm³/mol. The number of ketones is 1. The van der Waals surface area contributed by atoms with Gasteiger partial charge in [-0.2, -0.15) is 0 Å². The first-order valence-corrected chi connectivity index (χ1v) is 12.6. The average molecular weight is 496 g/mol. The third-order valence-corrected chi connectivity index (χ3v) is 6.97. The Kier molecular flexibility index (Phi) is 6.30. The fraction of sp³-hybridized carbons (Fsp3) is 0.409. The molecule has 2 aliphatic heterocycles. The minimum atomic E-state index is -3.27. The fourth-order valence-electron chi connectivity index (χ4n) is 4.24. The lowest BCUT2D eigenvalue weighted by molar-refractivity contribution is 0.00565. The minimum absolute atomic E-state index is 0.0250. The van der Waals surface area contributed by atoms with E-state index in [9.17, 15) is 36.7 Å². The SMILES string of the molecule is CS(=O)(=O)CC[C@H]1CO[C@@H]2Cn3cc(C(=O)CCc4ccc(F)cc4F)c(=O)c(O)c3C(=O)N12. The van der Waals surface area contributed by atoms with Crippen molar-refractivity contribution in [1.82, 2.24) is 9.47 Å². The molecule has 12 heteroatoms. The third-order valence-electron chi connectivity index (χ3n) is 5.99. The highest BCUT2D eigenvalue weighted by Crippen LogP contribution is 2.31. The summed E-state index contributed by atoms with van der Waals surface area (Å²) in [5.41, 5.74) is -1.60. The van der Waals surface area contributed by atoms with E-state index in [1.807, 2.05) is 0 Å². The summed E-state index contributed by atoms with van der Waals surface area (Å²) in [5.74, 6) is -3.99. The zero-order valence-corrected chi connectivity index (χ0v) is 19.0. The number of aromatic hydroxyl groups is 1. The van der Waals surface area contributed by atoms with Gasteiger partial charge in [-0.05, 0) is 24.5 Å². The largest absolute Gasteiger partial charge is 0.503 e. The zero-order chi connectivity index (χ0) is 24.8. The van der Waals surface area contributed by atoms with Crippen LogP contribution in [-0.4, -0.2) is 65.6 Å². The van der Waals surface area contributed by atoms with Gasteiger partial charge < -0.3 is 19.3 Å². The highest BCUT2D eigenvalue weighted by molar-refractivity contribution is 7.90. The number of sulfone groups is 1. The third kappa shape index (κ3) is 4.60. The van der Waals surface area contributed by atoms with Crippen molar-refractivity contribution in [2.75, 3.05) is 18.6 Å². The molecule has 2 aliphatic rings. The van der Waals surface area contributed by atoms with E-state index < -0.39 is 56.6 Å². The molecule has 1 fully saturated rings. The van der Waals surface area contributed by atoms with Crippen LogP contribution in [0.1, 0.15) is 39.3 Å². The second kappa shape index (κ2) is 8.91. The number of aryl methyl sites for hydroxylation is 1. The molecule has 1 saturated heterocycles. The monoisotopic (exact) mass is 496 g/mol. The molecule has 2 aromatic rings. The van der Waals surface area contributed by atoms with E-state index in [1.165, 1.54) is 21.7 Å². The molecule has 3 heterocycles. The molecule has 1 amide bonds. The Bertz CT molecular complexity index is 1340.